The van der Waals surface area contributed by atoms with Crippen LogP contribution in [0.15, 0.2) is 29.2 Å². The summed E-state index contributed by atoms with van der Waals surface area (Å²) in [4.78, 5) is 0.280. The molecule has 0 fully saturated rings. The van der Waals surface area contributed by atoms with Gasteiger partial charge < -0.3 is 5.73 Å². The molecule has 0 spiro atoms. The van der Waals surface area contributed by atoms with E-state index in [1.807, 2.05) is 0 Å². The van der Waals surface area contributed by atoms with Gasteiger partial charge in [0.15, 0.2) is 0 Å². The van der Waals surface area contributed by atoms with E-state index in [2.05, 4.69) is 6.92 Å². The first kappa shape index (κ1) is 16.1. The molecule has 2 N–H and O–H groups in total. The monoisotopic (exact) mass is 300 g/mol. The van der Waals surface area contributed by atoms with Gasteiger partial charge in [0.05, 0.1) is 4.90 Å². The number of sulfonamides is 1. The Bertz CT molecular complexity index is 541. The summed E-state index contributed by atoms with van der Waals surface area (Å²) in [5, 5.41) is 0. The third-order valence-electron chi connectivity index (χ3n) is 2.92. The van der Waals surface area contributed by atoms with Gasteiger partial charge in [-0.1, -0.05) is 50.2 Å². The summed E-state index contributed by atoms with van der Waals surface area (Å²) in [6, 6.07) is 6.58. The Morgan fingerprint density at radius 2 is 1.95 bits per heavy atom. The number of thiocarbonyl (C=S) groups is 1. The largest absolute Gasteiger partial charge is 0.389 e. The van der Waals surface area contributed by atoms with Gasteiger partial charge in [0, 0.05) is 19.2 Å². The van der Waals surface area contributed by atoms with E-state index in [1.165, 1.54) is 4.31 Å². The van der Waals surface area contributed by atoms with E-state index in [4.69, 9.17) is 18.0 Å². The second-order valence-electron chi connectivity index (χ2n) is 4.39. The van der Waals surface area contributed by atoms with Crippen LogP contribution in [-0.2, 0) is 10.0 Å². The molecule has 0 aliphatic rings. The van der Waals surface area contributed by atoms with E-state index in [1.54, 1.807) is 31.3 Å². The highest BCUT2D eigenvalue weighted by Gasteiger charge is 2.23. The zero-order chi connectivity index (χ0) is 14.5. The molecule has 0 atom stereocenters. The minimum atomic E-state index is -3.53. The van der Waals surface area contributed by atoms with Crippen LogP contribution >= 0.6 is 12.2 Å². The topological polar surface area (TPSA) is 63.4 Å². The second-order valence-corrected chi connectivity index (χ2v) is 6.85. The molecule has 0 radical (unpaired) electrons. The highest BCUT2D eigenvalue weighted by atomic mass is 32.2. The van der Waals surface area contributed by atoms with Gasteiger partial charge in [-0.05, 0) is 12.5 Å². The predicted molar refractivity (Wildman–Crippen MR) is 81.7 cm³/mol. The minimum absolute atomic E-state index is 0.0983. The van der Waals surface area contributed by atoms with Crippen molar-refractivity contribution in [1.29, 1.82) is 0 Å². The second kappa shape index (κ2) is 6.98. The van der Waals surface area contributed by atoms with Crippen molar-refractivity contribution in [2.24, 2.45) is 5.73 Å². The smallest absolute Gasteiger partial charge is 0.243 e. The van der Waals surface area contributed by atoms with Crippen LogP contribution in [0.4, 0.5) is 0 Å². The molecule has 1 rings (SSSR count). The van der Waals surface area contributed by atoms with E-state index in [9.17, 15) is 8.42 Å². The Kier molecular flexibility index (Phi) is 5.90. The highest BCUT2D eigenvalue weighted by molar-refractivity contribution is 7.89. The summed E-state index contributed by atoms with van der Waals surface area (Å²) in [5.41, 5.74) is 5.98. The van der Waals surface area contributed by atoms with Gasteiger partial charge in [-0.15, -0.1) is 0 Å². The summed E-state index contributed by atoms with van der Waals surface area (Å²) >= 11 is 4.91. The van der Waals surface area contributed by atoms with Crippen LogP contribution in [0, 0.1) is 0 Å². The highest BCUT2D eigenvalue weighted by Crippen LogP contribution is 2.19. The van der Waals surface area contributed by atoms with Crippen LogP contribution < -0.4 is 5.73 Å². The van der Waals surface area contributed by atoms with Crippen molar-refractivity contribution in [3.63, 3.8) is 0 Å². The molecular weight excluding hydrogens is 280 g/mol. The third-order valence-corrected chi connectivity index (χ3v) is 5.05. The number of nitrogens with zero attached hydrogens (tertiary/aromatic N) is 1. The molecule has 1 aromatic carbocycles. The molecule has 0 unspecified atom stereocenters. The molecule has 0 aliphatic heterocycles. The van der Waals surface area contributed by atoms with Gasteiger partial charge in [-0.2, -0.15) is 0 Å². The number of hydrogen-bond acceptors (Lipinski definition) is 3. The van der Waals surface area contributed by atoms with E-state index in [-0.39, 0.29) is 9.88 Å². The lowest BCUT2D eigenvalue weighted by atomic mass is 10.2. The van der Waals surface area contributed by atoms with Crippen LogP contribution in [-0.4, -0.2) is 31.3 Å². The standard InChI is InChI=1S/C13H20N2O2S2/c1-3-4-7-10-15(2)19(16,17)12-9-6-5-8-11(12)13(14)18/h5-6,8-9H,3-4,7,10H2,1-2H3,(H2,14,18). The maximum Gasteiger partial charge on any atom is 0.243 e. The zero-order valence-electron chi connectivity index (χ0n) is 11.3. The predicted octanol–water partition coefficient (Wildman–Crippen LogP) is 2.13. The van der Waals surface area contributed by atoms with Gasteiger partial charge in [0.1, 0.15) is 4.99 Å². The van der Waals surface area contributed by atoms with Crippen LogP contribution in [0.5, 0.6) is 0 Å². The molecule has 0 saturated heterocycles. The average Bonchev–Trinajstić information content (AvgIpc) is 2.38. The maximum absolute atomic E-state index is 12.5. The minimum Gasteiger partial charge on any atom is -0.389 e. The lowest BCUT2D eigenvalue weighted by molar-refractivity contribution is 0.454. The Morgan fingerprint density at radius 3 is 2.53 bits per heavy atom. The number of rotatable bonds is 7. The van der Waals surface area contributed by atoms with Gasteiger partial charge in [0.2, 0.25) is 10.0 Å². The molecule has 0 aliphatic carbocycles. The molecule has 0 heterocycles. The average molecular weight is 300 g/mol. The van der Waals surface area contributed by atoms with Crippen molar-refractivity contribution < 1.29 is 8.42 Å². The zero-order valence-corrected chi connectivity index (χ0v) is 12.9. The molecule has 4 nitrogen and oxygen atoms in total. The van der Waals surface area contributed by atoms with E-state index >= 15 is 0 Å². The van der Waals surface area contributed by atoms with E-state index < -0.39 is 10.0 Å². The number of hydrogen-bond donors (Lipinski definition) is 1. The van der Waals surface area contributed by atoms with Gasteiger partial charge in [0.25, 0.3) is 0 Å². The summed E-state index contributed by atoms with van der Waals surface area (Å²) < 4.78 is 26.3. The first-order valence-electron chi connectivity index (χ1n) is 6.26. The van der Waals surface area contributed by atoms with E-state index in [0.29, 0.717) is 12.1 Å². The molecule has 0 saturated carbocycles. The van der Waals surface area contributed by atoms with Crippen molar-refractivity contribution in [3.8, 4) is 0 Å². The fraction of sp³-hybridized carbons (Fsp3) is 0.462. The van der Waals surface area contributed by atoms with Crippen LogP contribution in [0.1, 0.15) is 31.7 Å². The molecule has 106 valence electrons. The third kappa shape index (κ3) is 3.99. The number of nitrogens with two attached hydrogens (primary N) is 1. The van der Waals surface area contributed by atoms with Crippen molar-refractivity contribution in [1.82, 2.24) is 4.31 Å². The van der Waals surface area contributed by atoms with Crippen LogP contribution in [0.25, 0.3) is 0 Å². The van der Waals surface area contributed by atoms with Gasteiger partial charge in [-0.25, -0.2) is 12.7 Å². The van der Waals surface area contributed by atoms with Crippen LogP contribution in [0.3, 0.4) is 0 Å². The molecular formula is C13H20N2O2S2. The molecule has 6 heteroatoms. The van der Waals surface area contributed by atoms with Gasteiger partial charge >= 0.3 is 0 Å². The van der Waals surface area contributed by atoms with Crippen molar-refractivity contribution in [2.45, 2.75) is 31.1 Å². The van der Waals surface area contributed by atoms with E-state index in [0.717, 1.165) is 19.3 Å². The fourth-order valence-corrected chi connectivity index (χ4v) is 3.42. The summed E-state index contributed by atoms with van der Waals surface area (Å²) in [5.74, 6) is 0. The maximum atomic E-state index is 12.5. The Morgan fingerprint density at radius 1 is 1.32 bits per heavy atom. The first-order valence-corrected chi connectivity index (χ1v) is 8.11. The van der Waals surface area contributed by atoms with Crippen LogP contribution in [0.2, 0.25) is 0 Å². The first-order chi connectivity index (χ1) is 8.91. The lowest BCUT2D eigenvalue weighted by Crippen LogP contribution is -2.30. The fourth-order valence-electron chi connectivity index (χ4n) is 1.77. The molecule has 0 aromatic heterocycles. The normalized spacial score (nSPS) is 11.7. The lowest BCUT2D eigenvalue weighted by Gasteiger charge is -2.18. The number of benzene rings is 1. The molecule has 0 bridgehead atoms. The Balaban J connectivity index is 3.03. The Labute approximate surface area is 120 Å². The molecule has 1 aromatic rings. The Hall–Kier alpha value is -0.980. The van der Waals surface area contributed by atoms with Crippen molar-refractivity contribution >= 4 is 27.2 Å². The summed E-state index contributed by atoms with van der Waals surface area (Å²) in [6.45, 7) is 2.58. The van der Waals surface area contributed by atoms with Gasteiger partial charge in [-0.3, -0.25) is 0 Å². The summed E-state index contributed by atoms with van der Waals surface area (Å²) in [7, 11) is -1.94. The number of unbranched alkanes of at least 4 members (excludes halogenated alkanes) is 2. The van der Waals surface area contributed by atoms with Crippen molar-refractivity contribution in [3.05, 3.63) is 29.8 Å². The van der Waals surface area contributed by atoms with Crippen molar-refractivity contribution in [2.75, 3.05) is 13.6 Å². The molecule has 0 amide bonds. The molecule has 19 heavy (non-hydrogen) atoms. The quantitative estimate of drug-likeness (QED) is 0.619. The SMILES string of the molecule is CCCCCN(C)S(=O)(=O)c1ccccc1C(N)=S. The summed E-state index contributed by atoms with van der Waals surface area (Å²) in [6.07, 6.45) is 2.91.